The molecule has 0 heterocycles. The van der Waals surface area contributed by atoms with Crippen molar-refractivity contribution in [2.75, 3.05) is 0 Å². The molecule has 1 amide bonds. The van der Waals surface area contributed by atoms with Crippen LogP contribution >= 0.6 is 15.9 Å². The highest BCUT2D eigenvalue weighted by atomic mass is 79.9. The Balaban J connectivity index is 1.88. The van der Waals surface area contributed by atoms with Crippen molar-refractivity contribution in [1.82, 2.24) is 5.43 Å². The average molecular weight is 403 g/mol. The first-order valence-corrected chi connectivity index (χ1v) is 8.77. The zero-order valence-corrected chi connectivity index (χ0v) is 15.5. The molecule has 130 valence electrons. The molecule has 0 spiro atoms. The van der Waals surface area contributed by atoms with Crippen molar-refractivity contribution in [1.29, 1.82) is 0 Å². The van der Waals surface area contributed by atoms with Gasteiger partial charge in [-0.1, -0.05) is 29.3 Å². The Morgan fingerprint density at radius 2 is 1.80 bits per heavy atom. The van der Waals surface area contributed by atoms with Gasteiger partial charge in [0, 0.05) is 10.9 Å². The molecule has 25 heavy (non-hydrogen) atoms. The first-order valence-electron chi connectivity index (χ1n) is 7.98. The first kappa shape index (κ1) is 18.9. The van der Waals surface area contributed by atoms with Crippen LogP contribution in [-0.4, -0.2) is 18.1 Å². The molecular formula is C19H19BrN2O3. The molecule has 0 unspecified atom stereocenters. The van der Waals surface area contributed by atoms with Gasteiger partial charge in [0.1, 0.15) is 5.75 Å². The summed E-state index contributed by atoms with van der Waals surface area (Å²) in [5, 5.41) is 3.90. The van der Waals surface area contributed by atoms with Gasteiger partial charge in [0.15, 0.2) is 0 Å². The van der Waals surface area contributed by atoms with Gasteiger partial charge in [-0.15, -0.1) is 0 Å². The minimum absolute atomic E-state index is 0.0989. The van der Waals surface area contributed by atoms with E-state index in [1.165, 1.54) is 0 Å². The van der Waals surface area contributed by atoms with Crippen LogP contribution in [0.15, 0.2) is 58.1 Å². The van der Waals surface area contributed by atoms with Crippen molar-refractivity contribution in [3.8, 4) is 5.75 Å². The van der Waals surface area contributed by atoms with Crippen molar-refractivity contribution in [3.63, 3.8) is 0 Å². The van der Waals surface area contributed by atoms with Crippen molar-refractivity contribution in [2.24, 2.45) is 5.10 Å². The van der Waals surface area contributed by atoms with Crippen molar-refractivity contribution < 1.29 is 14.3 Å². The number of benzene rings is 2. The lowest BCUT2D eigenvalue weighted by Gasteiger charge is -2.04. The van der Waals surface area contributed by atoms with E-state index in [9.17, 15) is 9.59 Å². The van der Waals surface area contributed by atoms with Gasteiger partial charge in [-0.2, -0.15) is 5.10 Å². The number of nitrogens with zero attached hydrogens (tertiary/aromatic N) is 1. The SMILES string of the molecule is CCCCC(=O)NN=Cc1ccc(OC(=O)c2ccc(Br)cc2)cc1. The van der Waals surface area contributed by atoms with Crippen molar-refractivity contribution in [2.45, 2.75) is 26.2 Å². The van der Waals surface area contributed by atoms with Crippen molar-refractivity contribution in [3.05, 3.63) is 64.1 Å². The lowest BCUT2D eigenvalue weighted by molar-refractivity contribution is -0.121. The molecule has 2 rings (SSSR count). The second kappa shape index (κ2) is 9.74. The summed E-state index contributed by atoms with van der Waals surface area (Å²) < 4.78 is 6.21. The summed E-state index contributed by atoms with van der Waals surface area (Å²) in [5.74, 6) is -0.0766. The number of hydrogen-bond donors (Lipinski definition) is 1. The fourth-order valence-electron chi connectivity index (χ4n) is 1.95. The maximum Gasteiger partial charge on any atom is 0.343 e. The van der Waals surface area contributed by atoms with Crippen LogP contribution in [0, 0.1) is 0 Å². The number of carbonyl (C=O) groups is 2. The third-order valence-electron chi connectivity index (χ3n) is 3.33. The molecule has 2 aromatic carbocycles. The number of hydrogen-bond acceptors (Lipinski definition) is 4. The third-order valence-corrected chi connectivity index (χ3v) is 3.86. The Labute approximate surface area is 155 Å². The predicted octanol–water partition coefficient (Wildman–Crippen LogP) is 4.31. The van der Waals surface area contributed by atoms with Gasteiger partial charge in [0.2, 0.25) is 5.91 Å². The number of rotatable bonds is 7. The van der Waals surface area contributed by atoms with Crippen LogP contribution in [0.3, 0.4) is 0 Å². The first-order chi connectivity index (χ1) is 12.1. The van der Waals surface area contributed by atoms with E-state index in [4.69, 9.17) is 4.74 Å². The molecule has 0 saturated heterocycles. The van der Waals surface area contributed by atoms with Gasteiger partial charge >= 0.3 is 5.97 Å². The van der Waals surface area contributed by atoms with E-state index >= 15 is 0 Å². The monoisotopic (exact) mass is 402 g/mol. The Hall–Kier alpha value is -2.47. The number of esters is 1. The quantitative estimate of drug-likeness (QED) is 0.324. The molecule has 6 heteroatoms. The molecule has 0 aliphatic carbocycles. The maximum atomic E-state index is 12.0. The Morgan fingerprint density at radius 3 is 2.44 bits per heavy atom. The van der Waals surface area contributed by atoms with E-state index in [2.05, 4.69) is 26.5 Å². The number of carbonyl (C=O) groups excluding carboxylic acids is 2. The summed E-state index contributed by atoms with van der Waals surface area (Å²) >= 11 is 3.32. The molecule has 0 aliphatic rings. The highest BCUT2D eigenvalue weighted by Gasteiger charge is 2.08. The fraction of sp³-hybridized carbons (Fsp3) is 0.211. The van der Waals surface area contributed by atoms with Gasteiger partial charge < -0.3 is 4.74 Å². The second-order valence-corrected chi connectivity index (χ2v) is 6.28. The van der Waals surface area contributed by atoms with E-state index in [0.717, 1.165) is 22.9 Å². The highest BCUT2D eigenvalue weighted by molar-refractivity contribution is 9.10. The van der Waals surface area contributed by atoms with Gasteiger partial charge in [-0.05, 0) is 60.5 Å². The average Bonchev–Trinajstić information content (AvgIpc) is 2.62. The lowest BCUT2D eigenvalue weighted by atomic mass is 10.2. The predicted molar refractivity (Wildman–Crippen MR) is 101 cm³/mol. The van der Waals surface area contributed by atoms with Gasteiger partial charge in [-0.25, -0.2) is 10.2 Å². The Morgan fingerprint density at radius 1 is 1.12 bits per heavy atom. The second-order valence-electron chi connectivity index (χ2n) is 5.36. The number of unbranched alkanes of at least 4 members (excludes halogenated alkanes) is 1. The zero-order valence-electron chi connectivity index (χ0n) is 13.9. The number of amides is 1. The van der Waals surface area contributed by atoms with E-state index in [1.807, 2.05) is 6.92 Å². The molecule has 0 aromatic heterocycles. The zero-order chi connectivity index (χ0) is 18.1. The van der Waals surface area contributed by atoms with Crippen LogP contribution in [0.4, 0.5) is 0 Å². The van der Waals surface area contributed by atoms with Crippen LogP contribution in [0.25, 0.3) is 0 Å². The summed E-state index contributed by atoms with van der Waals surface area (Å²) in [4.78, 5) is 23.5. The highest BCUT2D eigenvalue weighted by Crippen LogP contribution is 2.15. The third kappa shape index (κ3) is 6.51. The molecule has 0 atom stereocenters. The van der Waals surface area contributed by atoms with Crippen molar-refractivity contribution >= 4 is 34.0 Å². The molecule has 5 nitrogen and oxygen atoms in total. The lowest BCUT2D eigenvalue weighted by Crippen LogP contribution is -2.16. The number of ether oxygens (including phenoxy) is 1. The number of nitrogens with one attached hydrogen (secondary N) is 1. The summed E-state index contributed by atoms with van der Waals surface area (Å²) in [6.45, 7) is 2.03. The smallest absolute Gasteiger partial charge is 0.343 e. The van der Waals surface area contributed by atoms with Gasteiger partial charge in [0.05, 0.1) is 11.8 Å². The number of hydrazone groups is 1. The minimum Gasteiger partial charge on any atom is -0.423 e. The summed E-state index contributed by atoms with van der Waals surface area (Å²) in [6, 6.07) is 13.8. The summed E-state index contributed by atoms with van der Waals surface area (Å²) in [7, 11) is 0. The molecule has 0 bridgehead atoms. The Kier molecular flexibility index (Phi) is 7.35. The van der Waals surface area contributed by atoms with E-state index in [1.54, 1.807) is 54.7 Å². The van der Waals surface area contributed by atoms with Gasteiger partial charge in [-0.3, -0.25) is 4.79 Å². The molecule has 0 aliphatic heterocycles. The van der Waals surface area contributed by atoms with E-state index in [0.29, 0.717) is 17.7 Å². The fourth-order valence-corrected chi connectivity index (χ4v) is 2.21. The Bertz CT molecular complexity index is 740. The van der Waals surface area contributed by atoms with Gasteiger partial charge in [0.25, 0.3) is 0 Å². The molecule has 0 radical (unpaired) electrons. The number of halogens is 1. The van der Waals surface area contributed by atoms with Crippen LogP contribution in [0.1, 0.15) is 42.1 Å². The standard InChI is InChI=1S/C19H19BrN2O3/c1-2-3-4-18(23)22-21-13-14-5-11-17(12-6-14)25-19(24)15-7-9-16(20)10-8-15/h5-13H,2-4H2,1H3,(H,22,23). The van der Waals surface area contributed by atoms with E-state index < -0.39 is 5.97 Å². The van der Waals surface area contributed by atoms with Crippen LogP contribution in [-0.2, 0) is 4.79 Å². The van der Waals surface area contributed by atoms with Crippen LogP contribution in [0.5, 0.6) is 5.75 Å². The topological polar surface area (TPSA) is 67.8 Å². The summed E-state index contributed by atoms with van der Waals surface area (Å²) in [6.07, 6.45) is 3.83. The summed E-state index contributed by atoms with van der Waals surface area (Å²) in [5.41, 5.74) is 3.75. The van der Waals surface area contributed by atoms with E-state index in [-0.39, 0.29) is 5.91 Å². The molecule has 0 saturated carbocycles. The molecule has 1 N–H and O–H groups in total. The molecule has 2 aromatic rings. The molecular weight excluding hydrogens is 384 g/mol. The molecule has 0 fully saturated rings. The van der Waals surface area contributed by atoms with Crippen LogP contribution in [0.2, 0.25) is 0 Å². The minimum atomic E-state index is -0.419. The largest absolute Gasteiger partial charge is 0.423 e. The normalized spacial score (nSPS) is 10.6. The maximum absolute atomic E-state index is 12.0. The van der Waals surface area contributed by atoms with Crippen LogP contribution < -0.4 is 10.2 Å².